The van der Waals surface area contributed by atoms with Crippen molar-refractivity contribution < 1.29 is 19.2 Å². The van der Waals surface area contributed by atoms with Crippen molar-refractivity contribution in [2.24, 2.45) is 0 Å². The summed E-state index contributed by atoms with van der Waals surface area (Å²) in [6.45, 7) is 6.04. The Bertz CT molecular complexity index is 1180. The predicted octanol–water partition coefficient (Wildman–Crippen LogP) is 3.85. The van der Waals surface area contributed by atoms with Crippen LogP contribution in [0.15, 0.2) is 36.4 Å². The van der Waals surface area contributed by atoms with Crippen LogP contribution in [0.3, 0.4) is 0 Å². The van der Waals surface area contributed by atoms with Crippen molar-refractivity contribution >= 4 is 41.0 Å². The fourth-order valence-electron chi connectivity index (χ4n) is 4.41. The first-order chi connectivity index (χ1) is 16.2. The zero-order valence-corrected chi connectivity index (χ0v) is 20.1. The van der Waals surface area contributed by atoms with Crippen LogP contribution >= 0.6 is 11.6 Å². The van der Waals surface area contributed by atoms with E-state index >= 15 is 0 Å². The zero-order valence-electron chi connectivity index (χ0n) is 19.4. The largest absolute Gasteiger partial charge is 0.334 e. The van der Waals surface area contributed by atoms with Crippen LogP contribution in [-0.4, -0.2) is 45.6 Å². The highest BCUT2D eigenvalue weighted by Gasteiger charge is 2.43. The topological polar surface area (TPSA) is 98.8 Å². The van der Waals surface area contributed by atoms with Crippen LogP contribution in [0.25, 0.3) is 0 Å². The van der Waals surface area contributed by atoms with Crippen molar-refractivity contribution in [3.63, 3.8) is 0 Å². The first-order valence-corrected chi connectivity index (χ1v) is 11.6. The quantitative estimate of drug-likeness (QED) is 0.632. The number of hydrogen-bond acceptors (Lipinski definition) is 4. The number of piperidine rings is 1. The molecule has 8 nitrogen and oxygen atoms in total. The molecule has 2 aliphatic heterocycles. The van der Waals surface area contributed by atoms with Gasteiger partial charge in [-0.1, -0.05) is 29.8 Å². The Hall–Kier alpha value is -3.39. The second-order valence-corrected chi connectivity index (χ2v) is 9.35. The van der Waals surface area contributed by atoms with Crippen LogP contribution in [0, 0.1) is 6.92 Å². The number of benzene rings is 2. The summed E-state index contributed by atoms with van der Waals surface area (Å²) in [6, 6.07) is 9.41. The van der Waals surface area contributed by atoms with Crippen molar-refractivity contribution in [3.8, 4) is 0 Å². The molecule has 0 bridgehead atoms. The van der Waals surface area contributed by atoms with E-state index in [0.29, 0.717) is 29.2 Å². The summed E-state index contributed by atoms with van der Waals surface area (Å²) in [5.41, 5.74) is 3.70. The molecule has 4 rings (SSSR count). The lowest BCUT2D eigenvalue weighted by Crippen LogP contribution is -2.56. The first kappa shape index (κ1) is 23.8. The molecule has 34 heavy (non-hydrogen) atoms. The summed E-state index contributed by atoms with van der Waals surface area (Å²) in [4.78, 5) is 53.2. The van der Waals surface area contributed by atoms with Gasteiger partial charge in [0.25, 0.3) is 11.8 Å². The molecule has 0 radical (unpaired) electrons. The summed E-state index contributed by atoms with van der Waals surface area (Å²) in [7, 11) is 0. The molecule has 5 amide bonds. The molecule has 0 spiro atoms. The van der Waals surface area contributed by atoms with Gasteiger partial charge in [0.1, 0.15) is 6.04 Å². The van der Waals surface area contributed by atoms with Gasteiger partial charge < -0.3 is 15.5 Å². The lowest BCUT2D eigenvalue weighted by atomic mass is 10.0. The second-order valence-electron chi connectivity index (χ2n) is 8.95. The zero-order chi connectivity index (χ0) is 24.6. The number of halogens is 1. The van der Waals surface area contributed by atoms with Gasteiger partial charge in [0.2, 0.25) is 5.91 Å². The molecular weight excluding hydrogens is 456 g/mol. The van der Waals surface area contributed by atoms with E-state index < -0.39 is 6.04 Å². The van der Waals surface area contributed by atoms with Crippen LogP contribution in [-0.2, 0) is 22.7 Å². The van der Waals surface area contributed by atoms with E-state index in [9.17, 15) is 19.2 Å². The van der Waals surface area contributed by atoms with Gasteiger partial charge in [-0.3, -0.25) is 19.3 Å². The lowest BCUT2D eigenvalue weighted by Gasteiger charge is -2.37. The summed E-state index contributed by atoms with van der Waals surface area (Å²) in [6.07, 6.45) is 0.573. The highest BCUT2D eigenvalue weighted by Crippen LogP contribution is 2.30. The maximum Gasteiger partial charge on any atom is 0.319 e. The van der Waals surface area contributed by atoms with E-state index in [1.54, 1.807) is 43.0 Å². The third kappa shape index (κ3) is 4.63. The molecule has 2 heterocycles. The molecule has 1 unspecified atom stereocenters. The lowest BCUT2D eigenvalue weighted by molar-refractivity contribution is -0.154. The molecular formula is C25H27ClN4O4. The number of urea groups is 1. The maximum absolute atomic E-state index is 13.0. The molecule has 2 aromatic carbocycles. The third-order valence-corrected chi connectivity index (χ3v) is 6.61. The van der Waals surface area contributed by atoms with E-state index in [1.807, 2.05) is 19.1 Å². The minimum absolute atomic E-state index is 0.194. The van der Waals surface area contributed by atoms with Crippen molar-refractivity contribution in [2.75, 3.05) is 5.32 Å². The molecule has 1 atom stereocenters. The maximum atomic E-state index is 13.0. The molecule has 0 saturated carbocycles. The molecule has 2 N–H and O–H groups in total. The van der Waals surface area contributed by atoms with Crippen molar-refractivity contribution in [3.05, 3.63) is 63.7 Å². The number of rotatable bonds is 5. The summed E-state index contributed by atoms with van der Waals surface area (Å²) >= 11 is 6.10. The number of amides is 5. The van der Waals surface area contributed by atoms with Crippen LogP contribution in [0.5, 0.6) is 0 Å². The fourth-order valence-corrected chi connectivity index (χ4v) is 4.59. The van der Waals surface area contributed by atoms with Crippen molar-refractivity contribution in [1.29, 1.82) is 0 Å². The van der Waals surface area contributed by atoms with Gasteiger partial charge in [-0.05, 0) is 62.1 Å². The average molecular weight is 483 g/mol. The van der Waals surface area contributed by atoms with Gasteiger partial charge in [-0.2, -0.15) is 0 Å². The Morgan fingerprint density at radius 3 is 2.62 bits per heavy atom. The first-order valence-electron chi connectivity index (χ1n) is 11.3. The Labute approximate surface area is 203 Å². The Morgan fingerprint density at radius 1 is 1.15 bits per heavy atom. The van der Waals surface area contributed by atoms with Crippen LogP contribution in [0.1, 0.15) is 53.7 Å². The fraction of sp³-hybridized carbons (Fsp3) is 0.360. The smallest absolute Gasteiger partial charge is 0.319 e. The Morgan fingerprint density at radius 2 is 1.91 bits per heavy atom. The number of imide groups is 1. The minimum atomic E-state index is -0.645. The summed E-state index contributed by atoms with van der Waals surface area (Å²) in [5, 5.41) is 6.12. The number of carbonyl (C=O) groups is 4. The van der Waals surface area contributed by atoms with E-state index in [4.69, 9.17) is 11.6 Å². The van der Waals surface area contributed by atoms with E-state index in [0.717, 1.165) is 16.7 Å². The third-order valence-electron chi connectivity index (χ3n) is 6.20. The number of likely N-dealkylation sites (tertiary alicyclic amines) is 1. The van der Waals surface area contributed by atoms with Gasteiger partial charge in [-0.25, -0.2) is 4.79 Å². The van der Waals surface area contributed by atoms with E-state index in [-0.39, 0.29) is 42.8 Å². The molecule has 1 fully saturated rings. The van der Waals surface area contributed by atoms with Gasteiger partial charge in [0.15, 0.2) is 0 Å². The minimum Gasteiger partial charge on any atom is -0.334 e. The van der Waals surface area contributed by atoms with E-state index in [2.05, 4.69) is 10.6 Å². The normalized spacial score (nSPS) is 17.9. The van der Waals surface area contributed by atoms with Gasteiger partial charge in [0.05, 0.1) is 0 Å². The van der Waals surface area contributed by atoms with Crippen LogP contribution in [0.2, 0.25) is 5.02 Å². The summed E-state index contributed by atoms with van der Waals surface area (Å²) in [5.74, 6) is -0.720. The monoisotopic (exact) mass is 482 g/mol. The average Bonchev–Trinajstić information content (AvgIpc) is 3.10. The van der Waals surface area contributed by atoms with Crippen molar-refractivity contribution in [2.45, 2.75) is 58.8 Å². The second kappa shape index (κ2) is 9.46. The highest BCUT2D eigenvalue weighted by molar-refractivity contribution is 6.31. The molecule has 0 aromatic heterocycles. The number of nitrogens with zero attached hydrogens (tertiary/aromatic N) is 2. The number of nitrogens with one attached hydrogen (secondary N) is 2. The number of fused-ring (bicyclic) bond motifs is 1. The summed E-state index contributed by atoms with van der Waals surface area (Å²) < 4.78 is 0. The van der Waals surface area contributed by atoms with Crippen LogP contribution in [0.4, 0.5) is 10.5 Å². The Kier molecular flexibility index (Phi) is 6.61. The van der Waals surface area contributed by atoms with Crippen LogP contribution < -0.4 is 10.6 Å². The standard InChI is InChI=1S/C25H27ClN4O4/c1-14(2)30-22(31)9-8-21(24(30)33)29-13-17-10-16(5-7-19(17)23(29)32)12-27-25(34)28-18-6-4-15(3)20(26)11-18/h4-7,10-11,14,21H,8-9,12-13H2,1-3H3,(H2,27,28,34). The number of anilines is 1. The molecule has 2 aliphatic rings. The number of aryl methyl sites for hydroxylation is 1. The molecule has 9 heteroatoms. The molecule has 2 aromatic rings. The Balaban J connectivity index is 1.40. The predicted molar refractivity (Wildman–Crippen MR) is 128 cm³/mol. The number of carbonyl (C=O) groups excluding carboxylic acids is 4. The molecule has 0 aliphatic carbocycles. The van der Waals surface area contributed by atoms with E-state index in [1.165, 1.54) is 4.90 Å². The molecule has 178 valence electrons. The van der Waals surface area contributed by atoms with Gasteiger partial charge in [0, 0.05) is 41.8 Å². The molecule has 1 saturated heterocycles. The van der Waals surface area contributed by atoms with Gasteiger partial charge >= 0.3 is 6.03 Å². The number of hydrogen-bond donors (Lipinski definition) is 2. The SMILES string of the molecule is Cc1ccc(NC(=O)NCc2ccc3c(c2)CN(C2CCC(=O)N(C(C)C)C2=O)C3=O)cc1Cl. The van der Waals surface area contributed by atoms with Crippen molar-refractivity contribution in [1.82, 2.24) is 15.1 Å². The highest BCUT2D eigenvalue weighted by atomic mass is 35.5. The van der Waals surface area contributed by atoms with Gasteiger partial charge in [-0.15, -0.1) is 0 Å².